The van der Waals surface area contributed by atoms with Crippen LogP contribution in [0, 0.1) is 11.8 Å². The number of nitrogens with one attached hydrogen (secondary N) is 1. The lowest BCUT2D eigenvalue weighted by atomic mass is 9.73. The Labute approximate surface area is 86.0 Å². The molecule has 2 fully saturated rings. The van der Waals surface area contributed by atoms with Crippen molar-refractivity contribution < 1.29 is 0 Å². The first-order valence-electron chi connectivity index (χ1n) is 5.59. The van der Waals surface area contributed by atoms with E-state index in [9.17, 15) is 0 Å². The fourth-order valence-corrected chi connectivity index (χ4v) is 3.51. The molecule has 1 heterocycles. The van der Waals surface area contributed by atoms with E-state index in [1.165, 1.54) is 30.8 Å². The topological polar surface area (TPSA) is 12.0 Å². The molecular weight excluding hydrogens is 178 g/mol. The summed E-state index contributed by atoms with van der Waals surface area (Å²) in [5.74, 6) is 4.63. The first kappa shape index (κ1) is 9.85. The predicted molar refractivity (Wildman–Crippen MR) is 60.2 cm³/mol. The molecule has 2 aliphatic rings. The minimum atomic E-state index is 0.836. The second kappa shape index (κ2) is 4.22. The highest BCUT2D eigenvalue weighted by Crippen LogP contribution is 2.34. The number of hydrogen-bond donors (Lipinski definition) is 1. The smallest absolute Gasteiger partial charge is 0.0168 e. The van der Waals surface area contributed by atoms with Gasteiger partial charge in [0.2, 0.25) is 0 Å². The summed E-state index contributed by atoms with van der Waals surface area (Å²) in [6, 6.07) is 1.69. The molecule has 1 N–H and O–H groups in total. The van der Waals surface area contributed by atoms with E-state index in [-0.39, 0.29) is 0 Å². The number of hydrogen-bond acceptors (Lipinski definition) is 2. The van der Waals surface area contributed by atoms with Gasteiger partial charge in [-0.15, -0.1) is 0 Å². The van der Waals surface area contributed by atoms with E-state index in [4.69, 9.17) is 0 Å². The van der Waals surface area contributed by atoms with Crippen LogP contribution in [0.4, 0.5) is 0 Å². The molecule has 1 saturated carbocycles. The van der Waals surface area contributed by atoms with Crippen LogP contribution in [0.5, 0.6) is 0 Å². The van der Waals surface area contributed by atoms with Crippen LogP contribution in [-0.2, 0) is 0 Å². The molecule has 1 unspecified atom stereocenters. The molecule has 0 aromatic rings. The lowest BCUT2D eigenvalue weighted by Gasteiger charge is -2.40. The van der Waals surface area contributed by atoms with E-state index in [0.29, 0.717) is 0 Å². The van der Waals surface area contributed by atoms with E-state index in [1.807, 2.05) is 0 Å². The lowest BCUT2D eigenvalue weighted by Crippen LogP contribution is -2.47. The van der Waals surface area contributed by atoms with Crippen molar-refractivity contribution >= 4 is 11.8 Å². The highest BCUT2D eigenvalue weighted by atomic mass is 32.2. The maximum Gasteiger partial charge on any atom is 0.0168 e. The zero-order valence-corrected chi connectivity index (χ0v) is 9.57. The fourth-order valence-electron chi connectivity index (χ4n) is 2.34. The normalized spacial score (nSPS) is 39.5. The fraction of sp³-hybridized carbons (Fsp3) is 1.00. The maximum atomic E-state index is 3.78. The maximum absolute atomic E-state index is 3.78. The molecule has 1 nitrogen and oxygen atoms in total. The second-order valence-electron chi connectivity index (χ2n) is 4.90. The summed E-state index contributed by atoms with van der Waals surface area (Å²) in [6.07, 6.45) is 4.26. The molecule has 1 atom stereocenters. The summed E-state index contributed by atoms with van der Waals surface area (Å²) >= 11 is 2.10. The lowest BCUT2D eigenvalue weighted by molar-refractivity contribution is 0.160. The highest BCUT2D eigenvalue weighted by molar-refractivity contribution is 7.99. The third-order valence-corrected chi connectivity index (χ3v) is 4.68. The van der Waals surface area contributed by atoms with Crippen LogP contribution >= 0.6 is 11.8 Å². The minimum Gasteiger partial charge on any atom is -0.310 e. The first-order valence-corrected chi connectivity index (χ1v) is 6.75. The number of thioether (sulfide) groups is 1. The van der Waals surface area contributed by atoms with Crippen LogP contribution in [0.3, 0.4) is 0 Å². The van der Waals surface area contributed by atoms with Crippen molar-refractivity contribution in [1.29, 1.82) is 0 Å². The Morgan fingerprint density at radius 1 is 1.23 bits per heavy atom. The van der Waals surface area contributed by atoms with E-state index in [0.717, 1.165) is 23.9 Å². The Kier molecular flexibility index (Phi) is 3.20. The Balaban J connectivity index is 1.63. The van der Waals surface area contributed by atoms with Gasteiger partial charge in [0.1, 0.15) is 0 Å². The van der Waals surface area contributed by atoms with Crippen LogP contribution in [0.25, 0.3) is 0 Å². The summed E-state index contributed by atoms with van der Waals surface area (Å²) in [5, 5.41) is 3.78. The number of rotatable bonds is 3. The molecule has 2 rings (SSSR count). The van der Waals surface area contributed by atoms with Gasteiger partial charge >= 0.3 is 0 Å². The monoisotopic (exact) mass is 199 g/mol. The third-order valence-electron chi connectivity index (χ3n) is 3.52. The minimum absolute atomic E-state index is 0.836. The van der Waals surface area contributed by atoms with Gasteiger partial charge in [-0.3, -0.25) is 0 Å². The Bertz CT molecular complexity index is 157. The molecule has 0 spiro atoms. The molecule has 0 radical (unpaired) electrons. The van der Waals surface area contributed by atoms with E-state index in [1.54, 1.807) is 0 Å². The third kappa shape index (κ3) is 2.41. The van der Waals surface area contributed by atoms with Crippen molar-refractivity contribution in [2.45, 2.75) is 45.2 Å². The molecule has 1 aliphatic heterocycles. The summed E-state index contributed by atoms with van der Waals surface area (Å²) in [5.41, 5.74) is 0. The van der Waals surface area contributed by atoms with E-state index >= 15 is 0 Å². The standard InChI is InChI=1S/C11H21NS/c1-8(2)9-5-11(6-9)12-10-3-4-13-7-10/h8-12H,3-7H2,1-2H3. The molecule has 2 heteroatoms. The van der Waals surface area contributed by atoms with Crippen molar-refractivity contribution in [3.8, 4) is 0 Å². The van der Waals surface area contributed by atoms with Crippen LogP contribution in [0.15, 0.2) is 0 Å². The largest absolute Gasteiger partial charge is 0.310 e. The van der Waals surface area contributed by atoms with Gasteiger partial charge in [0, 0.05) is 17.8 Å². The van der Waals surface area contributed by atoms with Crippen molar-refractivity contribution in [2.75, 3.05) is 11.5 Å². The average molecular weight is 199 g/mol. The van der Waals surface area contributed by atoms with Gasteiger partial charge in [0.15, 0.2) is 0 Å². The van der Waals surface area contributed by atoms with Crippen LogP contribution < -0.4 is 5.32 Å². The van der Waals surface area contributed by atoms with Gasteiger partial charge in [-0.25, -0.2) is 0 Å². The molecule has 0 amide bonds. The summed E-state index contributed by atoms with van der Waals surface area (Å²) in [6.45, 7) is 4.71. The van der Waals surface area contributed by atoms with Crippen molar-refractivity contribution in [1.82, 2.24) is 5.32 Å². The van der Waals surface area contributed by atoms with Crippen molar-refractivity contribution in [3.05, 3.63) is 0 Å². The van der Waals surface area contributed by atoms with Gasteiger partial charge in [0.25, 0.3) is 0 Å². The van der Waals surface area contributed by atoms with Gasteiger partial charge < -0.3 is 5.32 Å². The molecule has 1 aliphatic carbocycles. The molecule has 76 valence electrons. The quantitative estimate of drug-likeness (QED) is 0.749. The Morgan fingerprint density at radius 2 is 2.00 bits per heavy atom. The predicted octanol–water partition coefficient (Wildman–Crippen LogP) is 2.52. The van der Waals surface area contributed by atoms with Crippen molar-refractivity contribution in [2.24, 2.45) is 11.8 Å². The Hall–Kier alpha value is 0.310. The highest BCUT2D eigenvalue weighted by Gasteiger charge is 2.32. The van der Waals surface area contributed by atoms with E-state index in [2.05, 4.69) is 30.9 Å². The molecule has 13 heavy (non-hydrogen) atoms. The van der Waals surface area contributed by atoms with Crippen molar-refractivity contribution in [3.63, 3.8) is 0 Å². The second-order valence-corrected chi connectivity index (χ2v) is 6.05. The zero-order chi connectivity index (χ0) is 9.26. The SMILES string of the molecule is CC(C)C1CC(NC2CCSC2)C1. The molecule has 0 aromatic heterocycles. The summed E-state index contributed by atoms with van der Waals surface area (Å²) in [7, 11) is 0. The molecule has 0 aromatic carbocycles. The van der Waals surface area contributed by atoms with Crippen LogP contribution in [0.1, 0.15) is 33.1 Å². The Morgan fingerprint density at radius 3 is 2.54 bits per heavy atom. The van der Waals surface area contributed by atoms with Gasteiger partial charge in [-0.05, 0) is 36.9 Å². The molecule has 0 bridgehead atoms. The summed E-state index contributed by atoms with van der Waals surface area (Å²) in [4.78, 5) is 0. The molecular formula is C11H21NS. The summed E-state index contributed by atoms with van der Waals surface area (Å²) < 4.78 is 0. The first-order chi connectivity index (χ1) is 6.25. The van der Waals surface area contributed by atoms with Gasteiger partial charge in [-0.2, -0.15) is 11.8 Å². The van der Waals surface area contributed by atoms with Crippen LogP contribution in [-0.4, -0.2) is 23.6 Å². The van der Waals surface area contributed by atoms with E-state index < -0.39 is 0 Å². The van der Waals surface area contributed by atoms with Gasteiger partial charge in [0.05, 0.1) is 0 Å². The molecule has 1 saturated heterocycles. The average Bonchev–Trinajstić information content (AvgIpc) is 2.46. The van der Waals surface area contributed by atoms with Gasteiger partial charge in [-0.1, -0.05) is 13.8 Å². The zero-order valence-electron chi connectivity index (χ0n) is 8.75. The van der Waals surface area contributed by atoms with Crippen LogP contribution in [0.2, 0.25) is 0 Å².